The van der Waals surface area contributed by atoms with Crippen molar-refractivity contribution in [3.63, 3.8) is 0 Å². The number of aryl methyl sites for hydroxylation is 2. The lowest BCUT2D eigenvalue weighted by Crippen LogP contribution is -2.46. The summed E-state index contributed by atoms with van der Waals surface area (Å²) in [7, 11) is 1.82. The fraction of sp³-hybridized carbons (Fsp3) is 0.600. The van der Waals surface area contributed by atoms with E-state index < -0.39 is 11.1 Å². The van der Waals surface area contributed by atoms with Crippen LogP contribution in [0, 0.1) is 0 Å². The van der Waals surface area contributed by atoms with Crippen LogP contribution in [0.25, 0.3) is 0 Å². The van der Waals surface area contributed by atoms with E-state index >= 15 is 0 Å². The largest absolute Gasteiger partial charge is 0.427 e. The third kappa shape index (κ3) is 3.93. The first-order chi connectivity index (χ1) is 11.8. The van der Waals surface area contributed by atoms with Crippen molar-refractivity contribution in [2.45, 2.75) is 26.1 Å². The third-order valence-corrected chi connectivity index (χ3v) is 5.86. The number of halogens is 4. The zero-order valence-electron chi connectivity index (χ0n) is 14.0. The Labute approximate surface area is 153 Å². The monoisotopic (exact) mass is 393 g/mol. The van der Waals surface area contributed by atoms with Crippen molar-refractivity contribution in [3.05, 3.63) is 27.5 Å². The van der Waals surface area contributed by atoms with Crippen molar-refractivity contribution in [2.24, 2.45) is 7.05 Å². The minimum Gasteiger partial charge on any atom is -0.346 e. The molecule has 3 heterocycles. The van der Waals surface area contributed by atoms with E-state index in [0.717, 1.165) is 37.0 Å². The molecule has 0 aliphatic carbocycles. The van der Waals surface area contributed by atoms with Gasteiger partial charge in [-0.1, -0.05) is 29.9 Å². The summed E-state index contributed by atoms with van der Waals surface area (Å²) in [4.78, 5) is 7.43. The highest BCUT2D eigenvalue weighted by atomic mass is 35.5. The van der Waals surface area contributed by atoms with Crippen molar-refractivity contribution in [2.75, 3.05) is 31.1 Å². The fourth-order valence-electron chi connectivity index (χ4n) is 2.90. The first-order valence-electron chi connectivity index (χ1n) is 8.00. The molecule has 0 N–H and O–H groups in total. The molecule has 5 nitrogen and oxygen atoms in total. The summed E-state index contributed by atoms with van der Waals surface area (Å²) < 4.78 is 39.8. The van der Waals surface area contributed by atoms with Crippen LogP contribution in [-0.4, -0.2) is 45.8 Å². The van der Waals surface area contributed by atoms with E-state index in [1.165, 1.54) is 0 Å². The average molecular weight is 394 g/mol. The zero-order chi connectivity index (χ0) is 18.2. The van der Waals surface area contributed by atoms with Gasteiger partial charge in [0, 0.05) is 45.3 Å². The molecule has 10 heteroatoms. The molecule has 2 aromatic heterocycles. The van der Waals surface area contributed by atoms with Crippen LogP contribution < -0.4 is 4.90 Å². The standard InChI is InChI=1S/C15H19ClF3N5S/c1-3-11-10(13(16)22(2)21-11)9-23-4-6-24(7-5-23)14-20-8-12(25-14)15(17,18)19/h8H,3-7,9H2,1-2H3. The Morgan fingerprint density at radius 3 is 2.48 bits per heavy atom. The maximum atomic E-state index is 12.7. The van der Waals surface area contributed by atoms with Crippen LogP contribution in [0.1, 0.15) is 23.1 Å². The molecule has 2 aromatic rings. The Balaban J connectivity index is 1.62. The number of rotatable bonds is 4. The lowest BCUT2D eigenvalue weighted by atomic mass is 10.2. The molecule has 0 radical (unpaired) electrons. The number of hydrogen-bond acceptors (Lipinski definition) is 5. The lowest BCUT2D eigenvalue weighted by Gasteiger charge is -2.34. The van der Waals surface area contributed by atoms with E-state index in [-0.39, 0.29) is 0 Å². The highest BCUT2D eigenvalue weighted by Crippen LogP contribution is 2.36. The van der Waals surface area contributed by atoms with Gasteiger partial charge in [-0.3, -0.25) is 9.58 Å². The van der Waals surface area contributed by atoms with Crippen LogP contribution >= 0.6 is 22.9 Å². The minimum atomic E-state index is -4.33. The van der Waals surface area contributed by atoms with Gasteiger partial charge >= 0.3 is 6.18 Å². The van der Waals surface area contributed by atoms with Gasteiger partial charge in [-0.2, -0.15) is 18.3 Å². The Kier molecular flexibility index (Phi) is 5.26. The molecule has 1 fully saturated rings. The fourth-order valence-corrected chi connectivity index (χ4v) is 3.94. The number of piperazine rings is 1. The van der Waals surface area contributed by atoms with Crippen molar-refractivity contribution in [1.82, 2.24) is 19.7 Å². The van der Waals surface area contributed by atoms with E-state index in [1.54, 1.807) is 4.68 Å². The normalized spacial score (nSPS) is 16.6. The molecule has 0 atom stereocenters. The minimum absolute atomic E-state index is 0.431. The predicted octanol–water partition coefficient (Wildman–Crippen LogP) is 3.43. The van der Waals surface area contributed by atoms with Crippen LogP contribution in [0.3, 0.4) is 0 Å². The summed E-state index contributed by atoms with van der Waals surface area (Å²) in [6.45, 7) is 5.52. The Morgan fingerprint density at radius 2 is 1.92 bits per heavy atom. The van der Waals surface area contributed by atoms with Crippen LogP contribution in [0.4, 0.5) is 18.3 Å². The van der Waals surface area contributed by atoms with Gasteiger partial charge < -0.3 is 4.90 Å². The second-order valence-corrected chi connectivity index (χ2v) is 7.33. The first-order valence-corrected chi connectivity index (χ1v) is 9.19. The van der Waals surface area contributed by atoms with Crippen molar-refractivity contribution in [1.29, 1.82) is 0 Å². The molecule has 138 valence electrons. The Morgan fingerprint density at radius 1 is 1.24 bits per heavy atom. The molecule has 3 rings (SSSR count). The molecule has 1 aliphatic heterocycles. The Hall–Kier alpha value is -1.32. The van der Waals surface area contributed by atoms with Gasteiger partial charge in [0.05, 0.1) is 11.9 Å². The third-order valence-electron chi connectivity index (χ3n) is 4.28. The molecule has 1 aliphatic rings. The molecule has 0 aromatic carbocycles. The summed E-state index contributed by atoms with van der Waals surface area (Å²) in [6.07, 6.45) is -2.60. The topological polar surface area (TPSA) is 37.2 Å². The first kappa shape index (κ1) is 18.5. The summed E-state index contributed by atoms with van der Waals surface area (Å²) in [5, 5.41) is 5.49. The van der Waals surface area contributed by atoms with Gasteiger partial charge in [0.1, 0.15) is 10.0 Å². The summed E-state index contributed by atoms with van der Waals surface area (Å²) in [5.41, 5.74) is 2.03. The number of anilines is 1. The zero-order valence-corrected chi connectivity index (χ0v) is 15.5. The highest BCUT2D eigenvalue weighted by molar-refractivity contribution is 7.15. The van der Waals surface area contributed by atoms with E-state index in [1.807, 2.05) is 18.9 Å². The molecule has 1 saturated heterocycles. The molecule has 25 heavy (non-hydrogen) atoms. The molecule has 0 bridgehead atoms. The number of aromatic nitrogens is 3. The van der Waals surface area contributed by atoms with Gasteiger partial charge in [-0.05, 0) is 6.42 Å². The molecule has 0 unspecified atom stereocenters. The van der Waals surface area contributed by atoms with Crippen LogP contribution in [-0.2, 0) is 26.2 Å². The average Bonchev–Trinajstić information content (AvgIpc) is 3.16. The molecular weight excluding hydrogens is 375 g/mol. The summed E-state index contributed by atoms with van der Waals surface area (Å²) in [5.74, 6) is 0. The van der Waals surface area contributed by atoms with E-state index in [0.29, 0.717) is 41.3 Å². The lowest BCUT2D eigenvalue weighted by molar-refractivity contribution is -0.134. The summed E-state index contributed by atoms with van der Waals surface area (Å²) in [6, 6.07) is 0. The van der Waals surface area contributed by atoms with Crippen molar-refractivity contribution < 1.29 is 13.2 Å². The maximum absolute atomic E-state index is 12.7. The van der Waals surface area contributed by atoms with Crippen LogP contribution in [0.15, 0.2) is 6.20 Å². The van der Waals surface area contributed by atoms with Crippen molar-refractivity contribution >= 4 is 28.1 Å². The molecular formula is C15H19ClF3N5S. The number of hydrogen-bond donors (Lipinski definition) is 0. The predicted molar refractivity (Wildman–Crippen MR) is 92.2 cm³/mol. The number of thiazole rings is 1. The van der Waals surface area contributed by atoms with Gasteiger partial charge in [0.25, 0.3) is 0 Å². The van der Waals surface area contributed by atoms with Gasteiger partial charge in [0.15, 0.2) is 5.13 Å². The van der Waals surface area contributed by atoms with Crippen LogP contribution in [0.5, 0.6) is 0 Å². The van der Waals surface area contributed by atoms with E-state index in [4.69, 9.17) is 11.6 Å². The number of alkyl halides is 3. The number of nitrogens with zero attached hydrogens (tertiary/aromatic N) is 5. The van der Waals surface area contributed by atoms with Gasteiger partial charge in [-0.15, -0.1) is 0 Å². The molecule has 0 amide bonds. The van der Waals surface area contributed by atoms with Crippen LogP contribution in [0.2, 0.25) is 5.15 Å². The van der Waals surface area contributed by atoms with E-state index in [2.05, 4.69) is 15.0 Å². The highest BCUT2D eigenvalue weighted by Gasteiger charge is 2.34. The van der Waals surface area contributed by atoms with E-state index in [9.17, 15) is 13.2 Å². The quantitative estimate of drug-likeness (QED) is 0.797. The van der Waals surface area contributed by atoms with Gasteiger partial charge in [0.2, 0.25) is 0 Å². The van der Waals surface area contributed by atoms with Gasteiger partial charge in [-0.25, -0.2) is 4.98 Å². The molecule has 0 spiro atoms. The Bertz CT molecular complexity index is 734. The molecule has 0 saturated carbocycles. The summed E-state index contributed by atoms with van der Waals surface area (Å²) >= 11 is 7.03. The smallest absolute Gasteiger partial charge is 0.346 e. The second-order valence-electron chi connectivity index (χ2n) is 5.96. The SMILES string of the molecule is CCc1nn(C)c(Cl)c1CN1CCN(c2ncc(C(F)(F)F)s2)CC1. The van der Waals surface area contributed by atoms with Crippen molar-refractivity contribution in [3.8, 4) is 0 Å². The maximum Gasteiger partial charge on any atom is 0.427 e. The second kappa shape index (κ2) is 7.13.